The van der Waals surface area contributed by atoms with Crippen LogP contribution in [0.15, 0.2) is 47.6 Å². The number of phenolic OH excluding ortho intramolecular Hbond substituents is 1. The van der Waals surface area contributed by atoms with E-state index in [4.69, 9.17) is 4.74 Å². The Bertz CT molecular complexity index is 1010. The Morgan fingerprint density at radius 3 is 2.68 bits per heavy atom. The quantitative estimate of drug-likeness (QED) is 0.428. The first-order valence-electron chi connectivity index (χ1n) is 8.48. The van der Waals surface area contributed by atoms with Crippen LogP contribution in [0.1, 0.15) is 18.1 Å². The highest BCUT2D eigenvalue weighted by atomic mass is 32.1. The summed E-state index contributed by atoms with van der Waals surface area (Å²) < 4.78 is 5.08. The zero-order valence-corrected chi connectivity index (χ0v) is 16.5. The molecule has 1 aromatic heterocycles. The van der Waals surface area contributed by atoms with Crippen LogP contribution in [0.5, 0.6) is 11.5 Å². The molecule has 3 rings (SSSR count). The molecular formula is C20H20N4O3S. The molecule has 3 N–H and O–H groups in total. The number of benzene rings is 2. The molecule has 0 aliphatic rings. The van der Waals surface area contributed by atoms with E-state index in [1.165, 1.54) is 31.4 Å². The van der Waals surface area contributed by atoms with Gasteiger partial charge < -0.3 is 15.2 Å². The van der Waals surface area contributed by atoms with Gasteiger partial charge in [0.25, 0.3) is 0 Å². The maximum atomic E-state index is 11.5. The van der Waals surface area contributed by atoms with Crippen LogP contribution in [0.4, 0.5) is 10.1 Å². The molecule has 0 saturated heterocycles. The molecule has 1 heterocycles. The van der Waals surface area contributed by atoms with Crippen molar-refractivity contribution in [3.63, 3.8) is 0 Å². The number of nitrogens with one attached hydrogen (secondary N) is 2. The molecule has 0 atom stereocenters. The first kappa shape index (κ1) is 19.4. The van der Waals surface area contributed by atoms with Crippen LogP contribution in [0.25, 0.3) is 11.3 Å². The number of amides is 1. The third-order valence-electron chi connectivity index (χ3n) is 3.82. The molecule has 0 saturated carbocycles. The third-order valence-corrected chi connectivity index (χ3v) is 4.69. The molecule has 7 nitrogen and oxygen atoms in total. The zero-order chi connectivity index (χ0) is 20.1. The van der Waals surface area contributed by atoms with Crippen molar-refractivity contribution in [2.45, 2.75) is 13.8 Å². The minimum absolute atomic E-state index is 0.0650. The number of hydrogen-bond acceptors (Lipinski definition) is 7. The van der Waals surface area contributed by atoms with Crippen LogP contribution in [-0.4, -0.2) is 29.3 Å². The molecule has 28 heavy (non-hydrogen) atoms. The fourth-order valence-corrected chi connectivity index (χ4v) is 3.34. The van der Waals surface area contributed by atoms with Gasteiger partial charge in [0, 0.05) is 12.5 Å². The fourth-order valence-electron chi connectivity index (χ4n) is 2.46. The monoisotopic (exact) mass is 396 g/mol. The van der Waals surface area contributed by atoms with E-state index in [0.29, 0.717) is 21.6 Å². The van der Waals surface area contributed by atoms with Gasteiger partial charge in [0.1, 0.15) is 10.7 Å². The van der Waals surface area contributed by atoms with E-state index in [-0.39, 0.29) is 11.7 Å². The SMILES string of the molecule is COc1cc(/C=N/Nc2nc(-c3ccc(C)cc3)c(NC(C)=O)s2)ccc1O. The number of aromatic hydroxyl groups is 1. The number of carbonyl (C=O) groups excluding carboxylic acids is 1. The molecule has 3 aromatic rings. The number of hydrazone groups is 1. The molecule has 144 valence electrons. The molecule has 0 fully saturated rings. The Kier molecular flexibility index (Phi) is 5.90. The second kappa shape index (κ2) is 8.53. The maximum Gasteiger partial charge on any atom is 0.221 e. The summed E-state index contributed by atoms with van der Waals surface area (Å²) >= 11 is 1.30. The molecule has 0 aliphatic carbocycles. The number of thiazole rings is 1. The lowest BCUT2D eigenvalue weighted by Crippen LogP contribution is -2.05. The number of hydrogen-bond donors (Lipinski definition) is 3. The Hall–Kier alpha value is -3.39. The van der Waals surface area contributed by atoms with E-state index in [0.717, 1.165) is 16.7 Å². The Labute approximate surface area is 166 Å². The summed E-state index contributed by atoms with van der Waals surface area (Å²) in [6, 6.07) is 12.8. The van der Waals surface area contributed by atoms with Gasteiger partial charge in [-0.15, -0.1) is 0 Å². The lowest BCUT2D eigenvalue weighted by Gasteiger charge is -2.03. The minimum Gasteiger partial charge on any atom is -0.504 e. The predicted molar refractivity (Wildman–Crippen MR) is 112 cm³/mol. The van der Waals surface area contributed by atoms with Gasteiger partial charge in [-0.3, -0.25) is 10.2 Å². The summed E-state index contributed by atoms with van der Waals surface area (Å²) in [6.45, 7) is 3.47. The number of phenols is 1. The highest BCUT2D eigenvalue weighted by Gasteiger charge is 2.14. The Balaban J connectivity index is 1.82. The van der Waals surface area contributed by atoms with Gasteiger partial charge in [-0.1, -0.05) is 41.2 Å². The number of nitrogens with zero attached hydrogens (tertiary/aromatic N) is 2. The first-order chi connectivity index (χ1) is 13.5. The largest absolute Gasteiger partial charge is 0.504 e. The van der Waals surface area contributed by atoms with Crippen molar-refractivity contribution in [3.8, 4) is 22.8 Å². The summed E-state index contributed by atoms with van der Waals surface area (Å²) in [5.74, 6) is 0.270. The number of aryl methyl sites for hydroxylation is 1. The smallest absolute Gasteiger partial charge is 0.221 e. The Morgan fingerprint density at radius 2 is 2.00 bits per heavy atom. The summed E-state index contributed by atoms with van der Waals surface area (Å²) in [4.78, 5) is 16.1. The molecule has 0 bridgehead atoms. The number of anilines is 2. The van der Waals surface area contributed by atoms with E-state index in [2.05, 4.69) is 20.8 Å². The lowest BCUT2D eigenvalue weighted by molar-refractivity contribution is -0.114. The zero-order valence-electron chi connectivity index (χ0n) is 15.7. The van der Waals surface area contributed by atoms with E-state index in [1.54, 1.807) is 18.3 Å². The molecule has 2 aromatic carbocycles. The number of methoxy groups -OCH3 is 1. The highest BCUT2D eigenvalue weighted by molar-refractivity contribution is 7.20. The van der Waals surface area contributed by atoms with Crippen molar-refractivity contribution < 1.29 is 14.6 Å². The number of aromatic nitrogens is 1. The maximum absolute atomic E-state index is 11.5. The summed E-state index contributed by atoms with van der Waals surface area (Å²) in [5, 5.41) is 17.8. The van der Waals surface area contributed by atoms with Crippen molar-refractivity contribution in [3.05, 3.63) is 53.6 Å². The third kappa shape index (κ3) is 4.66. The van der Waals surface area contributed by atoms with E-state index >= 15 is 0 Å². The van der Waals surface area contributed by atoms with Crippen LogP contribution < -0.4 is 15.5 Å². The number of carbonyl (C=O) groups is 1. The second-order valence-corrected chi connectivity index (χ2v) is 7.04. The second-order valence-electron chi connectivity index (χ2n) is 6.05. The van der Waals surface area contributed by atoms with Gasteiger partial charge in [-0.05, 0) is 30.7 Å². The molecular weight excluding hydrogens is 376 g/mol. The average molecular weight is 396 g/mol. The number of rotatable bonds is 6. The molecule has 0 spiro atoms. The topological polar surface area (TPSA) is 95.8 Å². The van der Waals surface area contributed by atoms with Crippen molar-refractivity contribution >= 4 is 33.6 Å². The average Bonchev–Trinajstić information content (AvgIpc) is 3.05. The van der Waals surface area contributed by atoms with E-state index in [9.17, 15) is 9.90 Å². The summed E-state index contributed by atoms with van der Waals surface area (Å²) in [6.07, 6.45) is 1.59. The molecule has 0 unspecified atom stereocenters. The van der Waals surface area contributed by atoms with Crippen LogP contribution in [-0.2, 0) is 4.79 Å². The van der Waals surface area contributed by atoms with Gasteiger partial charge in [0.2, 0.25) is 11.0 Å². The van der Waals surface area contributed by atoms with Crippen molar-refractivity contribution in [1.82, 2.24) is 4.98 Å². The standard InChI is InChI=1S/C20H20N4O3S/c1-12-4-7-15(8-5-12)18-19(22-13(2)25)28-20(23-18)24-21-11-14-6-9-16(26)17(10-14)27-3/h4-11,26H,1-3H3,(H,22,25)(H,23,24)/b21-11+. The van der Waals surface area contributed by atoms with E-state index in [1.807, 2.05) is 31.2 Å². The molecule has 8 heteroatoms. The van der Waals surface area contributed by atoms with E-state index < -0.39 is 0 Å². The molecule has 0 radical (unpaired) electrons. The van der Waals surface area contributed by atoms with Gasteiger partial charge in [-0.2, -0.15) is 5.10 Å². The van der Waals surface area contributed by atoms with Crippen LogP contribution in [0.2, 0.25) is 0 Å². The van der Waals surface area contributed by atoms with Crippen molar-refractivity contribution in [2.24, 2.45) is 5.10 Å². The van der Waals surface area contributed by atoms with Gasteiger partial charge in [0.05, 0.1) is 13.3 Å². The molecule has 0 aliphatic heterocycles. The minimum atomic E-state index is -0.164. The van der Waals surface area contributed by atoms with Crippen LogP contribution >= 0.6 is 11.3 Å². The van der Waals surface area contributed by atoms with Crippen LogP contribution in [0.3, 0.4) is 0 Å². The van der Waals surface area contributed by atoms with Gasteiger partial charge in [-0.25, -0.2) is 4.98 Å². The van der Waals surface area contributed by atoms with Crippen molar-refractivity contribution in [1.29, 1.82) is 0 Å². The molecule has 1 amide bonds. The van der Waals surface area contributed by atoms with Gasteiger partial charge >= 0.3 is 0 Å². The van der Waals surface area contributed by atoms with Gasteiger partial charge in [0.15, 0.2) is 11.5 Å². The Morgan fingerprint density at radius 1 is 1.25 bits per heavy atom. The van der Waals surface area contributed by atoms with Crippen molar-refractivity contribution in [2.75, 3.05) is 17.9 Å². The lowest BCUT2D eigenvalue weighted by atomic mass is 10.1. The van der Waals surface area contributed by atoms with Crippen LogP contribution in [0, 0.1) is 6.92 Å². The number of ether oxygens (including phenoxy) is 1. The summed E-state index contributed by atoms with van der Waals surface area (Å²) in [5.41, 5.74) is 6.37. The highest BCUT2D eigenvalue weighted by Crippen LogP contribution is 2.36. The fraction of sp³-hybridized carbons (Fsp3) is 0.150. The first-order valence-corrected chi connectivity index (χ1v) is 9.29. The predicted octanol–water partition coefficient (Wildman–Crippen LogP) is 4.24. The normalized spacial score (nSPS) is 10.8. The summed E-state index contributed by atoms with van der Waals surface area (Å²) in [7, 11) is 1.49.